The molecule has 0 radical (unpaired) electrons. The fourth-order valence-electron chi connectivity index (χ4n) is 3.35. The lowest BCUT2D eigenvalue weighted by atomic mass is 10.0. The number of rotatable bonds is 2. The van der Waals surface area contributed by atoms with Crippen molar-refractivity contribution >= 4 is 29.2 Å². The van der Waals surface area contributed by atoms with Gasteiger partial charge in [-0.05, 0) is 17.5 Å². The highest BCUT2D eigenvalue weighted by atomic mass is 32.1. The molecule has 11 heteroatoms. The van der Waals surface area contributed by atoms with Crippen LogP contribution in [0.5, 0.6) is 0 Å². The topological polar surface area (TPSA) is 86.6 Å². The summed E-state index contributed by atoms with van der Waals surface area (Å²) in [5, 5.41) is 11.0. The fourth-order valence-corrected chi connectivity index (χ4v) is 3.98. The van der Waals surface area contributed by atoms with Crippen LogP contribution in [0.3, 0.4) is 0 Å². The Morgan fingerprint density at radius 1 is 1.11 bits per heavy atom. The van der Waals surface area contributed by atoms with E-state index in [-0.39, 0.29) is 5.91 Å². The highest BCUT2D eigenvalue weighted by molar-refractivity contribution is 7.08. The van der Waals surface area contributed by atoms with Crippen molar-refractivity contribution < 1.29 is 27.9 Å². The molecule has 2 saturated heterocycles. The minimum Gasteiger partial charge on any atom is -0.475 e. The molecule has 2 aromatic heterocycles. The molecule has 0 aliphatic carbocycles. The largest absolute Gasteiger partial charge is 0.490 e. The molecule has 2 aliphatic heterocycles. The second-order valence-electron chi connectivity index (χ2n) is 6.50. The van der Waals surface area contributed by atoms with E-state index in [9.17, 15) is 18.0 Å². The average molecular weight is 414 g/mol. The van der Waals surface area contributed by atoms with E-state index in [4.69, 9.17) is 9.90 Å². The number of aliphatic carboxylic acids is 1. The maximum Gasteiger partial charge on any atom is 0.490 e. The number of amides is 1. The Hall–Kier alpha value is -2.69. The zero-order valence-corrected chi connectivity index (χ0v) is 15.4. The molecule has 2 aromatic rings. The monoisotopic (exact) mass is 414 g/mol. The number of carboxylic acids is 1. The van der Waals surface area contributed by atoms with E-state index >= 15 is 0 Å². The number of nitrogens with zero attached hydrogens (tertiary/aromatic N) is 4. The molecule has 1 N–H and O–H groups in total. The quantitative estimate of drug-likeness (QED) is 0.812. The van der Waals surface area contributed by atoms with Gasteiger partial charge in [-0.2, -0.15) is 24.5 Å². The molecule has 2 fully saturated rings. The molecule has 1 amide bonds. The van der Waals surface area contributed by atoms with E-state index in [0.717, 1.165) is 37.7 Å². The van der Waals surface area contributed by atoms with Crippen molar-refractivity contribution in [2.75, 3.05) is 31.1 Å². The number of carboxylic acid groups (broad SMARTS) is 1. The first-order chi connectivity index (χ1) is 13.3. The third-order valence-corrected chi connectivity index (χ3v) is 5.30. The van der Waals surface area contributed by atoms with E-state index in [2.05, 4.69) is 14.9 Å². The summed E-state index contributed by atoms with van der Waals surface area (Å²) < 4.78 is 31.7. The van der Waals surface area contributed by atoms with Crippen LogP contribution in [0.25, 0.3) is 0 Å². The predicted molar refractivity (Wildman–Crippen MR) is 95.1 cm³/mol. The molecule has 0 aromatic carbocycles. The standard InChI is InChI=1S/C15H16N4OS.C2HF3O2/c20-14(11-2-5-21-10-11)18-6-12-8-19(9-13(12)7-18)15-16-3-1-4-17-15;3-2(4,5)1(6)7/h1-5,10,12-13H,6-9H2;(H,6,7)/t12-,13+;. The summed E-state index contributed by atoms with van der Waals surface area (Å²) in [5.41, 5.74) is 0.822. The summed E-state index contributed by atoms with van der Waals surface area (Å²) in [6, 6.07) is 3.74. The Morgan fingerprint density at radius 2 is 1.68 bits per heavy atom. The van der Waals surface area contributed by atoms with Gasteiger partial charge in [-0.15, -0.1) is 0 Å². The molecule has 0 bridgehead atoms. The van der Waals surface area contributed by atoms with E-state index in [1.807, 2.05) is 27.8 Å². The minimum absolute atomic E-state index is 0.174. The van der Waals surface area contributed by atoms with Crippen LogP contribution in [0.2, 0.25) is 0 Å². The van der Waals surface area contributed by atoms with E-state index in [1.165, 1.54) is 0 Å². The lowest BCUT2D eigenvalue weighted by Crippen LogP contribution is -2.33. The van der Waals surface area contributed by atoms with Crippen LogP contribution in [0.1, 0.15) is 10.4 Å². The number of thiophene rings is 1. The van der Waals surface area contributed by atoms with Crippen LogP contribution >= 0.6 is 11.3 Å². The van der Waals surface area contributed by atoms with Crippen molar-refractivity contribution in [3.8, 4) is 0 Å². The van der Waals surface area contributed by atoms with Crippen LogP contribution in [-0.2, 0) is 4.79 Å². The summed E-state index contributed by atoms with van der Waals surface area (Å²) in [5.74, 6) is -0.698. The van der Waals surface area contributed by atoms with Gasteiger partial charge in [0.25, 0.3) is 5.91 Å². The van der Waals surface area contributed by atoms with Gasteiger partial charge in [0.1, 0.15) is 0 Å². The Balaban J connectivity index is 0.000000279. The molecule has 7 nitrogen and oxygen atoms in total. The SMILES string of the molecule is O=C(O)C(F)(F)F.O=C(c1ccsc1)N1C[C@@H]2CN(c3ncccn3)C[C@@H]2C1. The van der Waals surface area contributed by atoms with Crippen molar-refractivity contribution in [2.45, 2.75) is 6.18 Å². The van der Waals surface area contributed by atoms with Crippen molar-refractivity contribution in [1.29, 1.82) is 0 Å². The molecule has 2 atom stereocenters. The van der Waals surface area contributed by atoms with Crippen LogP contribution in [0.15, 0.2) is 35.3 Å². The number of likely N-dealkylation sites (tertiary alicyclic amines) is 1. The van der Waals surface area contributed by atoms with Gasteiger partial charge in [-0.1, -0.05) is 0 Å². The summed E-state index contributed by atoms with van der Waals surface area (Å²) in [7, 11) is 0. The van der Waals surface area contributed by atoms with Gasteiger partial charge >= 0.3 is 12.1 Å². The van der Waals surface area contributed by atoms with E-state index in [1.54, 1.807) is 23.7 Å². The van der Waals surface area contributed by atoms with Crippen molar-refractivity contribution in [2.24, 2.45) is 11.8 Å². The van der Waals surface area contributed by atoms with Crippen LogP contribution in [0, 0.1) is 11.8 Å². The smallest absolute Gasteiger partial charge is 0.475 e. The molecular formula is C17H17F3N4O3S. The zero-order chi connectivity index (χ0) is 20.3. The number of hydrogen-bond donors (Lipinski definition) is 1. The van der Waals surface area contributed by atoms with Gasteiger partial charge in [0, 0.05) is 55.8 Å². The normalized spacial score (nSPS) is 21.1. The van der Waals surface area contributed by atoms with Gasteiger partial charge in [0.15, 0.2) is 0 Å². The Morgan fingerprint density at radius 3 is 2.14 bits per heavy atom. The van der Waals surface area contributed by atoms with Crippen LogP contribution in [-0.4, -0.2) is 64.2 Å². The second-order valence-corrected chi connectivity index (χ2v) is 7.28. The van der Waals surface area contributed by atoms with Gasteiger partial charge in [0.05, 0.1) is 5.56 Å². The molecular weight excluding hydrogens is 397 g/mol. The van der Waals surface area contributed by atoms with Crippen molar-refractivity contribution in [3.63, 3.8) is 0 Å². The second kappa shape index (κ2) is 8.13. The molecule has 0 spiro atoms. The average Bonchev–Trinajstić information content (AvgIpc) is 3.37. The number of halogens is 3. The number of fused-ring (bicyclic) bond motifs is 1. The van der Waals surface area contributed by atoms with E-state index in [0.29, 0.717) is 11.8 Å². The Labute approximate surface area is 162 Å². The summed E-state index contributed by atoms with van der Waals surface area (Å²) >= 11 is 1.57. The first kappa shape index (κ1) is 20.1. The highest BCUT2D eigenvalue weighted by Gasteiger charge is 2.42. The molecule has 4 heterocycles. The first-order valence-corrected chi connectivity index (χ1v) is 9.33. The van der Waals surface area contributed by atoms with Crippen molar-refractivity contribution in [3.05, 3.63) is 40.8 Å². The zero-order valence-electron chi connectivity index (χ0n) is 14.5. The summed E-state index contributed by atoms with van der Waals surface area (Å²) in [6.45, 7) is 3.59. The molecule has 150 valence electrons. The number of carbonyl (C=O) groups is 2. The third kappa shape index (κ3) is 4.58. The first-order valence-electron chi connectivity index (χ1n) is 8.39. The number of carbonyl (C=O) groups excluding carboxylic acids is 1. The predicted octanol–water partition coefficient (Wildman–Crippen LogP) is 2.38. The Bertz CT molecular complexity index is 803. The van der Waals surface area contributed by atoms with Crippen LogP contribution in [0.4, 0.5) is 19.1 Å². The van der Waals surface area contributed by atoms with Gasteiger partial charge in [0.2, 0.25) is 5.95 Å². The maximum atomic E-state index is 12.4. The number of aromatic nitrogens is 2. The van der Waals surface area contributed by atoms with Gasteiger partial charge in [-0.25, -0.2) is 14.8 Å². The van der Waals surface area contributed by atoms with Crippen molar-refractivity contribution in [1.82, 2.24) is 14.9 Å². The van der Waals surface area contributed by atoms with Gasteiger partial charge < -0.3 is 14.9 Å². The molecule has 4 rings (SSSR count). The molecule has 28 heavy (non-hydrogen) atoms. The van der Waals surface area contributed by atoms with Crippen LogP contribution < -0.4 is 4.90 Å². The molecule has 0 unspecified atom stereocenters. The molecule has 0 saturated carbocycles. The lowest BCUT2D eigenvalue weighted by molar-refractivity contribution is -0.192. The van der Waals surface area contributed by atoms with E-state index < -0.39 is 12.1 Å². The highest BCUT2D eigenvalue weighted by Crippen LogP contribution is 2.33. The lowest BCUT2D eigenvalue weighted by Gasteiger charge is -2.21. The number of alkyl halides is 3. The summed E-state index contributed by atoms with van der Waals surface area (Å²) in [6.07, 6.45) is -1.52. The minimum atomic E-state index is -5.08. The fraction of sp³-hybridized carbons (Fsp3) is 0.412. The number of anilines is 1. The number of hydrogen-bond acceptors (Lipinski definition) is 6. The third-order valence-electron chi connectivity index (χ3n) is 4.62. The Kier molecular flexibility index (Phi) is 5.82. The maximum absolute atomic E-state index is 12.4. The molecule has 2 aliphatic rings. The van der Waals surface area contributed by atoms with Gasteiger partial charge in [-0.3, -0.25) is 4.79 Å². The summed E-state index contributed by atoms with van der Waals surface area (Å²) in [4.78, 5) is 34.2.